The van der Waals surface area contributed by atoms with Crippen molar-refractivity contribution in [3.8, 4) is 9.88 Å². The predicted molar refractivity (Wildman–Crippen MR) is 110 cm³/mol. The third-order valence-electron chi connectivity index (χ3n) is 4.91. The molecule has 6 nitrogen and oxygen atoms in total. The Kier molecular flexibility index (Phi) is 5.32. The molecule has 3 aromatic heterocycles. The molecule has 1 aliphatic rings. The van der Waals surface area contributed by atoms with Gasteiger partial charge in [0.1, 0.15) is 9.88 Å². The number of carbonyl (C=O) groups excluding carboxylic acids is 2. The van der Waals surface area contributed by atoms with E-state index in [9.17, 15) is 9.59 Å². The van der Waals surface area contributed by atoms with E-state index in [1.54, 1.807) is 17.4 Å². The number of amides is 2. The average molecular weight is 416 g/mol. The zero-order valence-corrected chi connectivity index (χ0v) is 17.4. The normalized spacial score (nSPS) is 15.0. The summed E-state index contributed by atoms with van der Waals surface area (Å²) in [5.74, 6) is 0.204. The van der Waals surface area contributed by atoms with Crippen LogP contribution in [0, 0.1) is 13.8 Å². The Labute approximate surface area is 171 Å². The molecule has 0 bridgehead atoms. The molecule has 146 valence electrons. The van der Waals surface area contributed by atoms with Crippen LogP contribution < -0.4 is 5.32 Å². The van der Waals surface area contributed by atoms with Crippen LogP contribution in [0.15, 0.2) is 34.3 Å². The topological polar surface area (TPSA) is 75.4 Å². The molecule has 4 rings (SSSR count). The number of nitrogens with zero attached hydrogens (tertiary/aromatic N) is 2. The lowest BCUT2D eigenvalue weighted by Gasteiger charge is -2.32. The van der Waals surface area contributed by atoms with Crippen LogP contribution in [-0.2, 0) is 0 Å². The highest BCUT2D eigenvalue weighted by Gasteiger charge is 2.28. The van der Waals surface area contributed by atoms with Crippen molar-refractivity contribution >= 4 is 34.5 Å². The molecule has 0 aliphatic carbocycles. The Morgan fingerprint density at radius 3 is 2.68 bits per heavy atom. The highest BCUT2D eigenvalue weighted by molar-refractivity contribution is 7.22. The lowest BCUT2D eigenvalue weighted by Crippen LogP contribution is -2.46. The van der Waals surface area contributed by atoms with E-state index in [0.29, 0.717) is 23.7 Å². The Morgan fingerprint density at radius 2 is 2.04 bits per heavy atom. The van der Waals surface area contributed by atoms with Crippen molar-refractivity contribution in [2.75, 3.05) is 13.1 Å². The van der Waals surface area contributed by atoms with Gasteiger partial charge in [0.25, 0.3) is 11.8 Å². The zero-order chi connectivity index (χ0) is 19.7. The number of hydrogen-bond acceptors (Lipinski definition) is 6. The number of hydrogen-bond donors (Lipinski definition) is 1. The Bertz CT molecular complexity index is 982. The highest BCUT2D eigenvalue weighted by atomic mass is 32.1. The second kappa shape index (κ2) is 7.89. The number of piperidine rings is 1. The van der Waals surface area contributed by atoms with Crippen LogP contribution in [0.25, 0.3) is 9.88 Å². The van der Waals surface area contributed by atoms with Crippen molar-refractivity contribution in [2.45, 2.75) is 32.7 Å². The quantitative estimate of drug-likeness (QED) is 0.696. The first-order chi connectivity index (χ1) is 13.5. The van der Waals surface area contributed by atoms with Gasteiger partial charge >= 0.3 is 0 Å². The number of carbonyl (C=O) groups is 2. The highest BCUT2D eigenvalue weighted by Crippen LogP contribution is 2.32. The molecular weight excluding hydrogens is 394 g/mol. The largest absolute Gasteiger partial charge is 0.459 e. The molecule has 0 unspecified atom stereocenters. The van der Waals surface area contributed by atoms with Gasteiger partial charge in [-0.1, -0.05) is 6.07 Å². The third-order valence-corrected chi connectivity index (χ3v) is 7.09. The van der Waals surface area contributed by atoms with Gasteiger partial charge in [0.2, 0.25) is 0 Å². The lowest BCUT2D eigenvalue weighted by molar-refractivity contribution is 0.0699. The number of nitrogens with one attached hydrogen (secondary N) is 1. The fraction of sp³-hybridized carbons (Fsp3) is 0.350. The maximum Gasteiger partial charge on any atom is 0.287 e. The van der Waals surface area contributed by atoms with Gasteiger partial charge < -0.3 is 14.6 Å². The first-order valence-corrected chi connectivity index (χ1v) is 10.9. The predicted octanol–water partition coefficient (Wildman–Crippen LogP) is 4.12. The van der Waals surface area contributed by atoms with E-state index in [1.165, 1.54) is 17.6 Å². The number of furan rings is 1. The molecule has 0 atom stereocenters. The first-order valence-electron chi connectivity index (χ1n) is 9.18. The lowest BCUT2D eigenvalue weighted by atomic mass is 10.0. The van der Waals surface area contributed by atoms with Gasteiger partial charge in [0, 0.05) is 24.7 Å². The fourth-order valence-electron chi connectivity index (χ4n) is 3.33. The summed E-state index contributed by atoms with van der Waals surface area (Å²) in [5.41, 5.74) is 1.61. The molecule has 8 heteroatoms. The van der Waals surface area contributed by atoms with Crippen LogP contribution in [0.3, 0.4) is 0 Å². The third kappa shape index (κ3) is 3.74. The molecule has 2 amide bonds. The van der Waals surface area contributed by atoms with Crippen LogP contribution in [0.4, 0.5) is 0 Å². The maximum atomic E-state index is 13.0. The summed E-state index contributed by atoms with van der Waals surface area (Å²) in [7, 11) is 0. The SMILES string of the molecule is Cc1ccoc1C(=O)NC1CCN(C(=O)c2sc(-c3cccs3)nc2C)CC1. The minimum Gasteiger partial charge on any atom is -0.459 e. The van der Waals surface area contributed by atoms with Gasteiger partial charge in [-0.3, -0.25) is 9.59 Å². The number of aromatic nitrogens is 1. The summed E-state index contributed by atoms with van der Waals surface area (Å²) in [6.45, 7) is 4.97. The summed E-state index contributed by atoms with van der Waals surface area (Å²) >= 11 is 3.08. The Morgan fingerprint density at radius 1 is 1.25 bits per heavy atom. The van der Waals surface area contributed by atoms with E-state index < -0.39 is 0 Å². The van der Waals surface area contributed by atoms with Crippen LogP contribution in [0.5, 0.6) is 0 Å². The molecule has 0 aromatic carbocycles. The molecule has 1 aliphatic heterocycles. The molecule has 4 heterocycles. The molecule has 0 spiro atoms. The van der Waals surface area contributed by atoms with Crippen molar-refractivity contribution in [3.05, 3.63) is 51.7 Å². The molecular formula is C20H21N3O3S2. The van der Waals surface area contributed by atoms with Crippen molar-refractivity contribution in [1.82, 2.24) is 15.2 Å². The van der Waals surface area contributed by atoms with E-state index in [-0.39, 0.29) is 17.9 Å². The van der Waals surface area contributed by atoms with Crippen LogP contribution in [0.1, 0.15) is 44.3 Å². The molecule has 0 saturated carbocycles. The first kappa shape index (κ1) is 18.9. The number of rotatable bonds is 4. The summed E-state index contributed by atoms with van der Waals surface area (Å²) in [6.07, 6.45) is 2.98. The summed E-state index contributed by atoms with van der Waals surface area (Å²) in [5, 5.41) is 5.92. The minimum atomic E-state index is -0.189. The van der Waals surface area contributed by atoms with E-state index in [2.05, 4.69) is 10.3 Å². The number of thiazole rings is 1. The fourth-order valence-corrected chi connectivity index (χ4v) is 5.16. The summed E-state index contributed by atoms with van der Waals surface area (Å²) in [6, 6.07) is 5.83. The van der Waals surface area contributed by atoms with E-state index in [1.807, 2.05) is 36.3 Å². The van der Waals surface area contributed by atoms with E-state index in [4.69, 9.17) is 4.42 Å². The number of thiophene rings is 1. The zero-order valence-electron chi connectivity index (χ0n) is 15.7. The molecule has 1 saturated heterocycles. The monoisotopic (exact) mass is 415 g/mol. The summed E-state index contributed by atoms with van der Waals surface area (Å²) in [4.78, 5) is 33.5. The average Bonchev–Trinajstić information content (AvgIpc) is 3.42. The second-order valence-corrected chi connectivity index (χ2v) is 8.83. The molecule has 0 radical (unpaired) electrons. The number of aryl methyl sites for hydroxylation is 2. The summed E-state index contributed by atoms with van der Waals surface area (Å²) < 4.78 is 5.25. The van der Waals surface area contributed by atoms with Crippen molar-refractivity contribution in [2.24, 2.45) is 0 Å². The van der Waals surface area contributed by atoms with Crippen LogP contribution in [-0.4, -0.2) is 40.8 Å². The van der Waals surface area contributed by atoms with E-state index in [0.717, 1.165) is 34.0 Å². The van der Waals surface area contributed by atoms with Gasteiger partial charge in [-0.05, 0) is 44.2 Å². The number of likely N-dealkylation sites (tertiary alicyclic amines) is 1. The van der Waals surface area contributed by atoms with Gasteiger partial charge in [0.15, 0.2) is 5.76 Å². The molecule has 1 N–H and O–H groups in total. The van der Waals surface area contributed by atoms with Crippen molar-refractivity contribution in [1.29, 1.82) is 0 Å². The molecule has 1 fully saturated rings. The Hall–Kier alpha value is -2.45. The molecule has 28 heavy (non-hydrogen) atoms. The van der Waals surface area contributed by atoms with Gasteiger partial charge in [0.05, 0.1) is 16.8 Å². The molecule has 3 aromatic rings. The van der Waals surface area contributed by atoms with Gasteiger partial charge in [-0.2, -0.15) is 0 Å². The van der Waals surface area contributed by atoms with Crippen LogP contribution in [0.2, 0.25) is 0 Å². The second-order valence-electron chi connectivity index (χ2n) is 6.88. The van der Waals surface area contributed by atoms with Crippen molar-refractivity contribution < 1.29 is 14.0 Å². The minimum absolute atomic E-state index is 0.0319. The Balaban J connectivity index is 1.37. The van der Waals surface area contributed by atoms with Crippen molar-refractivity contribution in [3.63, 3.8) is 0 Å². The smallest absolute Gasteiger partial charge is 0.287 e. The van der Waals surface area contributed by atoms with Crippen LogP contribution >= 0.6 is 22.7 Å². The van der Waals surface area contributed by atoms with E-state index >= 15 is 0 Å². The maximum absolute atomic E-state index is 13.0. The standard InChI is InChI=1S/C20H21N3O3S2/c1-12-7-10-26-16(12)18(24)22-14-5-8-23(9-6-14)20(25)17-13(2)21-19(28-17)15-4-3-11-27-15/h3-4,7,10-11,14H,5-6,8-9H2,1-2H3,(H,22,24). The van der Waals surface area contributed by atoms with Gasteiger partial charge in [-0.25, -0.2) is 4.98 Å². The van der Waals surface area contributed by atoms with Gasteiger partial charge in [-0.15, -0.1) is 22.7 Å².